The number of benzene rings is 1. The maximum atomic E-state index is 14.2. The van der Waals surface area contributed by atoms with Crippen LogP contribution in [0.2, 0.25) is 0 Å². The Bertz CT molecular complexity index is 937. The largest absolute Gasteiger partial charge is 0.508 e. The number of phenols is 1. The predicted molar refractivity (Wildman–Crippen MR) is 110 cm³/mol. The first-order valence-electron chi connectivity index (χ1n) is 9.47. The first-order valence-corrected chi connectivity index (χ1v) is 10.3. The van der Waals surface area contributed by atoms with Crippen molar-refractivity contribution in [2.45, 2.75) is 32.9 Å². The van der Waals surface area contributed by atoms with Gasteiger partial charge in [-0.05, 0) is 42.8 Å². The Morgan fingerprint density at radius 3 is 2.63 bits per heavy atom. The van der Waals surface area contributed by atoms with Crippen LogP contribution >= 0.6 is 15.9 Å². The number of likely N-dealkylation sites (tertiary alicyclic amines) is 1. The number of aromatic nitrogens is 2. The van der Waals surface area contributed by atoms with Gasteiger partial charge in [-0.1, -0.05) is 6.07 Å². The SMILES string of the molecule is CC(C)(C)OC(=O)N1CC(CN(Cc2ccc(O)cc2F)C(=O)c2cc(Br)[nH]n2)C1. The molecule has 162 valence electrons. The number of nitrogens with one attached hydrogen (secondary N) is 1. The Kier molecular flexibility index (Phi) is 6.35. The predicted octanol–water partition coefficient (Wildman–Crippen LogP) is 3.53. The second-order valence-corrected chi connectivity index (χ2v) is 9.17. The summed E-state index contributed by atoms with van der Waals surface area (Å²) in [6, 6.07) is 5.38. The van der Waals surface area contributed by atoms with Crippen molar-refractivity contribution in [3.63, 3.8) is 0 Å². The summed E-state index contributed by atoms with van der Waals surface area (Å²) in [4.78, 5) is 28.2. The number of carbonyl (C=O) groups excluding carboxylic acids is 2. The molecule has 1 aromatic carbocycles. The van der Waals surface area contributed by atoms with E-state index >= 15 is 0 Å². The van der Waals surface area contributed by atoms with Gasteiger partial charge in [0.05, 0.1) is 0 Å². The number of hydrogen-bond acceptors (Lipinski definition) is 5. The number of aromatic hydroxyl groups is 1. The fourth-order valence-electron chi connectivity index (χ4n) is 3.13. The molecule has 0 atom stereocenters. The van der Waals surface area contributed by atoms with E-state index in [2.05, 4.69) is 26.1 Å². The van der Waals surface area contributed by atoms with Gasteiger partial charge in [0.1, 0.15) is 21.8 Å². The molecule has 0 aliphatic carbocycles. The summed E-state index contributed by atoms with van der Waals surface area (Å²) in [5.41, 5.74) is -0.100. The normalized spacial score (nSPS) is 14.4. The molecular formula is C20H24BrFN4O4. The number of nitrogens with zero attached hydrogens (tertiary/aromatic N) is 3. The highest BCUT2D eigenvalue weighted by molar-refractivity contribution is 9.10. The molecule has 0 spiro atoms. The average molecular weight is 483 g/mol. The van der Waals surface area contributed by atoms with Crippen molar-refractivity contribution < 1.29 is 23.8 Å². The number of rotatable bonds is 5. The zero-order valence-corrected chi connectivity index (χ0v) is 18.6. The average Bonchev–Trinajstić information content (AvgIpc) is 3.02. The van der Waals surface area contributed by atoms with Crippen LogP contribution in [0.1, 0.15) is 36.8 Å². The summed E-state index contributed by atoms with van der Waals surface area (Å²) in [5, 5.41) is 16.0. The number of carbonyl (C=O) groups is 2. The van der Waals surface area contributed by atoms with Gasteiger partial charge in [0.2, 0.25) is 0 Å². The van der Waals surface area contributed by atoms with Crippen molar-refractivity contribution in [2.24, 2.45) is 5.92 Å². The van der Waals surface area contributed by atoms with E-state index in [-0.39, 0.29) is 35.4 Å². The monoisotopic (exact) mass is 482 g/mol. The molecule has 8 nitrogen and oxygen atoms in total. The minimum Gasteiger partial charge on any atom is -0.508 e. The van der Waals surface area contributed by atoms with Crippen LogP contribution in [-0.2, 0) is 11.3 Å². The maximum Gasteiger partial charge on any atom is 0.410 e. The van der Waals surface area contributed by atoms with Gasteiger partial charge >= 0.3 is 6.09 Å². The smallest absolute Gasteiger partial charge is 0.410 e. The maximum absolute atomic E-state index is 14.2. The topological polar surface area (TPSA) is 98.8 Å². The molecule has 2 N–H and O–H groups in total. The van der Waals surface area contributed by atoms with Crippen LogP contribution in [0, 0.1) is 11.7 Å². The summed E-state index contributed by atoms with van der Waals surface area (Å²) in [5.74, 6) is -1.11. The number of phenolic OH excluding ortho intramolecular Hbond substituents is 1. The molecule has 10 heteroatoms. The van der Waals surface area contributed by atoms with Crippen LogP contribution < -0.4 is 0 Å². The van der Waals surface area contributed by atoms with E-state index in [1.54, 1.807) is 31.7 Å². The number of aromatic amines is 1. The number of ether oxygens (including phenoxy) is 1. The van der Waals surface area contributed by atoms with E-state index in [0.717, 1.165) is 6.07 Å². The van der Waals surface area contributed by atoms with E-state index < -0.39 is 17.5 Å². The summed E-state index contributed by atoms with van der Waals surface area (Å²) >= 11 is 3.22. The molecular weight excluding hydrogens is 459 g/mol. The molecule has 3 rings (SSSR count). The Labute approximate surface area is 182 Å². The molecule has 2 heterocycles. The summed E-state index contributed by atoms with van der Waals surface area (Å²) in [6.07, 6.45) is -0.391. The molecule has 2 amide bonds. The van der Waals surface area contributed by atoms with Crippen LogP contribution in [0.3, 0.4) is 0 Å². The minimum atomic E-state index is -0.597. The van der Waals surface area contributed by atoms with Crippen LogP contribution in [0.5, 0.6) is 5.75 Å². The Balaban J connectivity index is 1.69. The van der Waals surface area contributed by atoms with Gasteiger partial charge in [-0.25, -0.2) is 9.18 Å². The molecule has 1 aliphatic rings. The molecule has 0 bridgehead atoms. The third-order valence-corrected chi connectivity index (χ3v) is 4.94. The first kappa shape index (κ1) is 22.1. The van der Waals surface area contributed by atoms with Gasteiger partial charge in [-0.15, -0.1) is 0 Å². The molecule has 1 aromatic heterocycles. The lowest BCUT2D eigenvalue weighted by Crippen LogP contribution is -2.55. The van der Waals surface area contributed by atoms with Crippen molar-refractivity contribution in [3.05, 3.63) is 45.9 Å². The van der Waals surface area contributed by atoms with Crippen molar-refractivity contribution in [2.75, 3.05) is 19.6 Å². The third kappa shape index (κ3) is 5.50. The molecule has 1 saturated heterocycles. The van der Waals surface area contributed by atoms with E-state index in [1.807, 2.05) is 0 Å². The highest BCUT2D eigenvalue weighted by Crippen LogP contribution is 2.24. The van der Waals surface area contributed by atoms with E-state index in [1.165, 1.54) is 17.0 Å². The van der Waals surface area contributed by atoms with Crippen molar-refractivity contribution in [1.82, 2.24) is 20.0 Å². The zero-order chi connectivity index (χ0) is 22.1. The quantitative estimate of drug-likeness (QED) is 0.678. The van der Waals surface area contributed by atoms with Crippen LogP contribution in [0.15, 0.2) is 28.9 Å². The lowest BCUT2D eigenvalue weighted by atomic mass is 9.99. The fraction of sp³-hybridized carbons (Fsp3) is 0.450. The van der Waals surface area contributed by atoms with Gasteiger partial charge in [-0.2, -0.15) is 5.10 Å². The van der Waals surface area contributed by atoms with Gasteiger partial charge in [0.15, 0.2) is 5.69 Å². The molecule has 30 heavy (non-hydrogen) atoms. The van der Waals surface area contributed by atoms with Crippen LogP contribution in [0.4, 0.5) is 9.18 Å². The van der Waals surface area contributed by atoms with E-state index in [4.69, 9.17) is 4.74 Å². The van der Waals surface area contributed by atoms with Gasteiger partial charge in [-0.3, -0.25) is 9.89 Å². The van der Waals surface area contributed by atoms with E-state index in [0.29, 0.717) is 24.2 Å². The minimum absolute atomic E-state index is 0.0123. The highest BCUT2D eigenvalue weighted by Gasteiger charge is 2.36. The van der Waals surface area contributed by atoms with Gasteiger partial charge < -0.3 is 19.6 Å². The molecule has 0 radical (unpaired) electrons. The third-order valence-electron chi connectivity index (χ3n) is 4.54. The molecule has 2 aromatic rings. The fourth-order valence-corrected chi connectivity index (χ4v) is 3.44. The highest BCUT2D eigenvalue weighted by atomic mass is 79.9. The second-order valence-electron chi connectivity index (χ2n) is 8.31. The second kappa shape index (κ2) is 8.63. The van der Waals surface area contributed by atoms with E-state index in [9.17, 15) is 19.1 Å². The summed E-state index contributed by atoms with van der Waals surface area (Å²) < 4.78 is 20.2. The number of amides is 2. The number of H-pyrrole nitrogens is 1. The molecule has 1 fully saturated rings. The molecule has 0 unspecified atom stereocenters. The number of halogens is 2. The van der Waals surface area contributed by atoms with Crippen molar-refractivity contribution in [1.29, 1.82) is 0 Å². The van der Waals surface area contributed by atoms with Crippen molar-refractivity contribution >= 4 is 27.9 Å². The van der Waals surface area contributed by atoms with Crippen LogP contribution in [-0.4, -0.2) is 62.3 Å². The molecule has 0 saturated carbocycles. The van der Waals surface area contributed by atoms with Crippen LogP contribution in [0.25, 0.3) is 0 Å². The lowest BCUT2D eigenvalue weighted by Gasteiger charge is -2.41. The Morgan fingerprint density at radius 2 is 2.07 bits per heavy atom. The number of hydrogen-bond donors (Lipinski definition) is 2. The van der Waals surface area contributed by atoms with Gasteiger partial charge in [0, 0.05) is 49.8 Å². The van der Waals surface area contributed by atoms with Crippen molar-refractivity contribution in [3.8, 4) is 5.75 Å². The standard InChI is InChI=1S/C20H24BrFN4O4/c1-20(2,3)30-19(29)26-9-12(10-26)8-25(18(28)16-7-17(21)24-23-16)11-13-4-5-14(27)6-15(13)22/h4-7,12,27H,8-11H2,1-3H3,(H,23,24). The first-order chi connectivity index (χ1) is 14.0. The Hall–Kier alpha value is -2.62. The zero-order valence-electron chi connectivity index (χ0n) is 17.0. The van der Waals surface area contributed by atoms with Gasteiger partial charge in [0.25, 0.3) is 5.91 Å². The Morgan fingerprint density at radius 1 is 1.37 bits per heavy atom. The molecule has 1 aliphatic heterocycles. The lowest BCUT2D eigenvalue weighted by molar-refractivity contribution is -0.00591. The summed E-state index contributed by atoms with van der Waals surface area (Å²) in [7, 11) is 0. The summed E-state index contributed by atoms with van der Waals surface area (Å²) in [6.45, 7) is 6.63.